The highest BCUT2D eigenvalue weighted by atomic mass is 16.2. The number of carbonyl (C=O) groups is 1. The van der Waals surface area contributed by atoms with E-state index in [1.165, 1.54) is 0 Å². The van der Waals surface area contributed by atoms with Gasteiger partial charge in [0.05, 0.1) is 5.69 Å². The van der Waals surface area contributed by atoms with Gasteiger partial charge in [0.2, 0.25) is 5.91 Å². The highest BCUT2D eigenvalue weighted by Gasteiger charge is 2.31. The van der Waals surface area contributed by atoms with Crippen LogP contribution in [0, 0.1) is 6.92 Å². The van der Waals surface area contributed by atoms with Gasteiger partial charge in [-0.3, -0.25) is 14.7 Å². The molecule has 108 valence electrons. The molecule has 2 heterocycles. The fourth-order valence-electron chi connectivity index (χ4n) is 2.82. The van der Waals surface area contributed by atoms with Crippen molar-refractivity contribution in [1.29, 1.82) is 0 Å². The Balaban J connectivity index is 1.90. The molecule has 21 heavy (non-hydrogen) atoms. The maximum atomic E-state index is 12.4. The van der Waals surface area contributed by atoms with Crippen LogP contribution in [0.15, 0.2) is 48.7 Å². The van der Waals surface area contributed by atoms with E-state index in [9.17, 15) is 4.79 Å². The normalized spacial score (nSPS) is 19.3. The SMILES string of the molecule is Cc1ccccc1[C@@H]1C(=O)NCCN1Cc1ccccn1. The van der Waals surface area contributed by atoms with Crippen LogP contribution in [-0.4, -0.2) is 28.9 Å². The fourth-order valence-corrected chi connectivity index (χ4v) is 2.82. The third-order valence-corrected chi connectivity index (χ3v) is 3.89. The van der Waals surface area contributed by atoms with Gasteiger partial charge in [-0.25, -0.2) is 0 Å². The Bertz CT molecular complexity index is 627. The van der Waals surface area contributed by atoms with Crippen molar-refractivity contribution in [3.8, 4) is 0 Å². The van der Waals surface area contributed by atoms with Crippen LogP contribution in [0.25, 0.3) is 0 Å². The van der Waals surface area contributed by atoms with E-state index < -0.39 is 0 Å². The number of rotatable bonds is 3. The Morgan fingerprint density at radius 2 is 2.05 bits per heavy atom. The molecule has 4 nitrogen and oxygen atoms in total. The number of hydrogen-bond donors (Lipinski definition) is 1. The summed E-state index contributed by atoms with van der Waals surface area (Å²) in [7, 11) is 0. The van der Waals surface area contributed by atoms with Gasteiger partial charge in [0, 0.05) is 25.8 Å². The van der Waals surface area contributed by atoms with Crippen LogP contribution >= 0.6 is 0 Å². The molecule has 1 aliphatic heterocycles. The largest absolute Gasteiger partial charge is 0.353 e. The highest BCUT2D eigenvalue weighted by molar-refractivity contribution is 5.84. The van der Waals surface area contributed by atoms with E-state index in [0.29, 0.717) is 13.1 Å². The smallest absolute Gasteiger partial charge is 0.242 e. The predicted molar refractivity (Wildman–Crippen MR) is 81.6 cm³/mol. The number of hydrogen-bond acceptors (Lipinski definition) is 3. The molecule has 1 atom stereocenters. The fraction of sp³-hybridized carbons (Fsp3) is 0.294. The molecule has 1 aliphatic rings. The van der Waals surface area contributed by atoms with E-state index >= 15 is 0 Å². The molecule has 0 radical (unpaired) electrons. The molecule has 1 fully saturated rings. The topological polar surface area (TPSA) is 45.2 Å². The number of piperazine rings is 1. The Labute approximate surface area is 124 Å². The van der Waals surface area contributed by atoms with Gasteiger partial charge in [0.25, 0.3) is 0 Å². The van der Waals surface area contributed by atoms with Crippen molar-refractivity contribution >= 4 is 5.91 Å². The molecule has 4 heteroatoms. The van der Waals surface area contributed by atoms with Crippen LogP contribution in [0.2, 0.25) is 0 Å². The minimum absolute atomic E-state index is 0.0754. The number of nitrogens with one attached hydrogen (secondary N) is 1. The van der Waals surface area contributed by atoms with Gasteiger partial charge in [0.1, 0.15) is 6.04 Å². The van der Waals surface area contributed by atoms with Crippen molar-refractivity contribution in [3.05, 3.63) is 65.5 Å². The average molecular weight is 281 g/mol. The van der Waals surface area contributed by atoms with Crippen molar-refractivity contribution in [2.75, 3.05) is 13.1 Å². The zero-order chi connectivity index (χ0) is 14.7. The number of nitrogens with zero attached hydrogens (tertiary/aromatic N) is 2. The van der Waals surface area contributed by atoms with Crippen LogP contribution < -0.4 is 5.32 Å². The van der Waals surface area contributed by atoms with Gasteiger partial charge in [-0.1, -0.05) is 30.3 Å². The Kier molecular flexibility index (Phi) is 3.97. The van der Waals surface area contributed by atoms with Crippen molar-refractivity contribution in [2.24, 2.45) is 0 Å². The minimum atomic E-state index is -0.234. The van der Waals surface area contributed by atoms with E-state index in [2.05, 4.69) is 28.2 Å². The van der Waals surface area contributed by atoms with Gasteiger partial charge < -0.3 is 5.32 Å². The maximum absolute atomic E-state index is 12.4. The maximum Gasteiger partial charge on any atom is 0.242 e. The first kappa shape index (κ1) is 13.8. The lowest BCUT2D eigenvalue weighted by molar-refractivity contribution is -0.129. The molecular weight excluding hydrogens is 262 g/mol. The summed E-state index contributed by atoms with van der Waals surface area (Å²) in [6, 6.07) is 13.7. The molecule has 0 aliphatic carbocycles. The Morgan fingerprint density at radius 3 is 2.81 bits per heavy atom. The Hall–Kier alpha value is -2.20. The van der Waals surface area contributed by atoms with Crippen LogP contribution in [0.3, 0.4) is 0 Å². The quantitative estimate of drug-likeness (QED) is 0.936. The Morgan fingerprint density at radius 1 is 1.24 bits per heavy atom. The van der Waals surface area contributed by atoms with E-state index in [-0.39, 0.29) is 11.9 Å². The number of aryl methyl sites for hydroxylation is 1. The average Bonchev–Trinajstić information content (AvgIpc) is 2.50. The third-order valence-electron chi connectivity index (χ3n) is 3.89. The minimum Gasteiger partial charge on any atom is -0.353 e. The van der Waals surface area contributed by atoms with Crippen molar-refractivity contribution in [3.63, 3.8) is 0 Å². The molecule has 0 unspecified atom stereocenters. The molecule has 0 saturated carbocycles. The lowest BCUT2D eigenvalue weighted by atomic mass is 9.97. The summed E-state index contributed by atoms with van der Waals surface area (Å²) < 4.78 is 0. The second-order valence-electron chi connectivity index (χ2n) is 5.34. The van der Waals surface area contributed by atoms with Gasteiger partial charge in [-0.2, -0.15) is 0 Å². The van der Waals surface area contributed by atoms with Gasteiger partial charge in [-0.05, 0) is 30.2 Å². The first-order chi connectivity index (χ1) is 10.3. The number of carbonyl (C=O) groups excluding carboxylic acids is 1. The molecule has 1 amide bonds. The van der Waals surface area contributed by atoms with Crippen LogP contribution in [0.1, 0.15) is 22.9 Å². The predicted octanol–water partition coefficient (Wildman–Crippen LogP) is 2.06. The summed E-state index contributed by atoms with van der Waals surface area (Å²) in [6.45, 7) is 4.26. The molecule has 2 aromatic rings. The molecular formula is C17H19N3O. The van der Waals surface area contributed by atoms with E-state index in [1.54, 1.807) is 6.20 Å². The first-order valence-electron chi connectivity index (χ1n) is 7.23. The van der Waals surface area contributed by atoms with Crippen LogP contribution in [0.4, 0.5) is 0 Å². The zero-order valence-corrected chi connectivity index (χ0v) is 12.1. The zero-order valence-electron chi connectivity index (χ0n) is 12.1. The molecule has 0 bridgehead atoms. The molecule has 1 N–H and O–H groups in total. The number of benzene rings is 1. The van der Waals surface area contributed by atoms with Gasteiger partial charge in [-0.15, -0.1) is 0 Å². The first-order valence-corrected chi connectivity index (χ1v) is 7.23. The van der Waals surface area contributed by atoms with Crippen LogP contribution in [-0.2, 0) is 11.3 Å². The van der Waals surface area contributed by atoms with Crippen molar-refractivity contribution in [1.82, 2.24) is 15.2 Å². The number of pyridine rings is 1. The lowest BCUT2D eigenvalue weighted by Crippen LogP contribution is -2.49. The third kappa shape index (κ3) is 2.95. The summed E-state index contributed by atoms with van der Waals surface area (Å²) in [5.74, 6) is 0.0754. The number of amides is 1. The summed E-state index contributed by atoms with van der Waals surface area (Å²) in [5.41, 5.74) is 3.21. The molecule has 1 aromatic carbocycles. The van der Waals surface area contributed by atoms with Crippen molar-refractivity contribution < 1.29 is 4.79 Å². The molecule has 1 aromatic heterocycles. The van der Waals surface area contributed by atoms with E-state index in [1.807, 2.05) is 36.4 Å². The molecule has 1 saturated heterocycles. The van der Waals surface area contributed by atoms with Gasteiger partial charge >= 0.3 is 0 Å². The summed E-state index contributed by atoms with van der Waals surface area (Å²) in [4.78, 5) is 18.9. The molecule has 3 rings (SSSR count). The standard InChI is InChI=1S/C17H19N3O/c1-13-6-2-3-8-15(13)16-17(21)19-10-11-20(16)12-14-7-4-5-9-18-14/h2-9,16H,10-12H2,1H3,(H,19,21)/t16-/m1/s1. The summed E-state index contributed by atoms with van der Waals surface area (Å²) >= 11 is 0. The number of aromatic nitrogens is 1. The second kappa shape index (κ2) is 6.06. The monoisotopic (exact) mass is 281 g/mol. The van der Waals surface area contributed by atoms with Crippen molar-refractivity contribution in [2.45, 2.75) is 19.5 Å². The second-order valence-corrected chi connectivity index (χ2v) is 5.34. The lowest BCUT2D eigenvalue weighted by Gasteiger charge is -2.35. The van der Waals surface area contributed by atoms with E-state index in [4.69, 9.17) is 0 Å². The molecule has 0 spiro atoms. The van der Waals surface area contributed by atoms with Crippen LogP contribution in [0.5, 0.6) is 0 Å². The van der Waals surface area contributed by atoms with Gasteiger partial charge in [0.15, 0.2) is 0 Å². The summed E-state index contributed by atoms with van der Waals surface area (Å²) in [6.07, 6.45) is 1.79. The summed E-state index contributed by atoms with van der Waals surface area (Å²) in [5, 5.41) is 2.97. The van der Waals surface area contributed by atoms with E-state index in [0.717, 1.165) is 23.4 Å². The highest BCUT2D eigenvalue weighted by Crippen LogP contribution is 2.27.